The van der Waals surface area contributed by atoms with Crippen molar-refractivity contribution in [3.8, 4) is 12.3 Å². The molecule has 0 aromatic carbocycles. The summed E-state index contributed by atoms with van der Waals surface area (Å²) in [5.74, 6) is 2.17. The molecule has 0 heterocycles. The average Bonchev–Trinajstić information content (AvgIpc) is 1.98. The van der Waals surface area contributed by atoms with Crippen LogP contribution in [0, 0.1) is 18.3 Å². The topological polar surface area (TPSA) is 26.3 Å². The van der Waals surface area contributed by atoms with E-state index < -0.39 is 0 Å². The van der Waals surface area contributed by atoms with Crippen molar-refractivity contribution in [1.82, 2.24) is 0 Å². The maximum atomic E-state index is 11.3. The summed E-state index contributed by atoms with van der Waals surface area (Å²) in [6.07, 6.45) is 6.28. The Balaban J connectivity index is 3.96. The van der Waals surface area contributed by atoms with E-state index >= 15 is 0 Å². The lowest BCUT2D eigenvalue weighted by molar-refractivity contribution is -0.152. The Hall–Kier alpha value is -0.970. The lowest BCUT2D eigenvalue weighted by Crippen LogP contribution is -2.20. The van der Waals surface area contributed by atoms with Gasteiger partial charge in [0.05, 0.1) is 12.0 Å². The fourth-order valence-electron chi connectivity index (χ4n) is 0.865. The third-order valence-corrected chi connectivity index (χ3v) is 1.54. The molecule has 0 bridgehead atoms. The number of rotatable bonds is 4. The van der Waals surface area contributed by atoms with Gasteiger partial charge in [-0.2, -0.15) is 0 Å². The summed E-state index contributed by atoms with van der Waals surface area (Å²) in [5.41, 5.74) is 0. The van der Waals surface area contributed by atoms with Crippen LogP contribution in [0.5, 0.6) is 0 Å². The maximum Gasteiger partial charge on any atom is 0.310 e. The van der Waals surface area contributed by atoms with Gasteiger partial charge in [-0.3, -0.25) is 4.79 Å². The highest BCUT2D eigenvalue weighted by Gasteiger charge is 2.17. The number of carbonyl (C=O) groups is 1. The van der Waals surface area contributed by atoms with Crippen LogP contribution >= 0.6 is 0 Å². The highest BCUT2D eigenvalue weighted by atomic mass is 16.5. The zero-order valence-corrected chi connectivity index (χ0v) is 7.96. The van der Waals surface area contributed by atoms with Crippen LogP contribution in [0.3, 0.4) is 0 Å². The summed E-state index contributed by atoms with van der Waals surface area (Å²) in [7, 11) is 0. The Morgan fingerprint density at radius 1 is 1.58 bits per heavy atom. The van der Waals surface area contributed by atoms with Crippen LogP contribution < -0.4 is 0 Å². The first-order chi connectivity index (χ1) is 5.61. The second-order valence-corrected chi connectivity index (χ2v) is 3.00. The first-order valence-corrected chi connectivity index (χ1v) is 4.25. The smallest absolute Gasteiger partial charge is 0.310 e. The van der Waals surface area contributed by atoms with Crippen LogP contribution in [0.25, 0.3) is 0 Å². The molecule has 2 nitrogen and oxygen atoms in total. The molecule has 0 aliphatic heterocycles. The molecule has 0 radical (unpaired) electrons. The zero-order chi connectivity index (χ0) is 9.56. The summed E-state index contributed by atoms with van der Waals surface area (Å²) < 4.78 is 5.02. The molecular formula is C10H16O2. The fraction of sp³-hybridized carbons (Fsp3) is 0.700. The molecule has 0 fully saturated rings. The van der Waals surface area contributed by atoms with Crippen LogP contribution in [-0.2, 0) is 9.53 Å². The van der Waals surface area contributed by atoms with Crippen molar-refractivity contribution in [2.45, 2.75) is 39.7 Å². The third kappa shape index (κ3) is 4.02. The first kappa shape index (κ1) is 11.0. The predicted molar refractivity (Wildman–Crippen MR) is 48.5 cm³/mol. The van der Waals surface area contributed by atoms with Crippen LogP contribution in [0.1, 0.15) is 33.6 Å². The van der Waals surface area contributed by atoms with Gasteiger partial charge in [-0.05, 0) is 20.3 Å². The van der Waals surface area contributed by atoms with Gasteiger partial charge >= 0.3 is 5.97 Å². The van der Waals surface area contributed by atoms with E-state index in [1.165, 1.54) is 0 Å². The molecule has 0 aliphatic carbocycles. The number of terminal acetylenes is 1. The SMILES string of the molecule is C#CCC(CC)C(=O)OC(C)C. The van der Waals surface area contributed by atoms with Gasteiger partial charge in [0.1, 0.15) is 0 Å². The molecule has 1 atom stereocenters. The van der Waals surface area contributed by atoms with Gasteiger partial charge in [0.25, 0.3) is 0 Å². The molecule has 0 saturated carbocycles. The number of esters is 1. The van der Waals surface area contributed by atoms with E-state index in [2.05, 4.69) is 5.92 Å². The number of ether oxygens (including phenoxy) is 1. The maximum absolute atomic E-state index is 11.3. The van der Waals surface area contributed by atoms with E-state index in [0.717, 1.165) is 6.42 Å². The van der Waals surface area contributed by atoms with Crippen LogP contribution in [0.2, 0.25) is 0 Å². The van der Waals surface area contributed by atoms with Crippen LogP contribution in [0.15, 0.2) is 0 Å². The van der Waals surface area contributed by atoms with Crippen LogP contribution in [0.4, 0.5) is 0 Å². The van der Waals surface area contributed by atoms with Gasteiger partial charge in [0, 0.05) is 6.42 Å². The molecule has 0 aromatic heterocycles. The molecule has 68 valence electrons. The third-order valence-electron chi connectivity index (χ3n) is 1.54. The Morgan fingerprint density at radius 3 is 2.50 bits per heavy atom. The first-order valence-electron chi connectivity index (χ1n) is 4.25. The summed E-state index contributed by atoms with van der Waals surface area (Å²) in [5, 5.41) is 0. The lowest BCUT2D eigenvalue weighted by atomic mass is 10.0. The van der Waals surface area contributed by atoms with Gasteiger partial charge < -0.3 is 4.74 Å². The minimum atomic E-state index is -0.176. The quantitative estimate of drug-likeness (QED) is 0.474. The molecule has 12 heavy (non-hydrogen) atoms. The van der Waals surface area contributed by atoms with E-state index in [0.29, 0.717) is 6.42 Å². The van der Waals surface area contributed by atoms with E-state index in [1.807, 2.05) is 20.8 Å². The van der Waals surface area contributed by atoms with Gasteiger partial charge in [0.15, 0.2) is 0 Å². The Labute approximate surface area is 74.3 Å². The minimum absolute atomic E-state index is 0.0516. The normalized spacial score (nSPS) is 12.2. The van der Waals surface area contributed by atoms with Gasteiger partial charge in [-0.1, -0.05) is 6.92 Å². The lowest BCUT2D eigenvalue weighted by Gasteiger charge is -2.13. The van der Waals surface area contributed by atoms with Crippen molar-refractivity contribution in [1.29, 1.82) is 0 Å². The zero-order valence-electron chi connectivity index (χ0n) is 7.96. The second kappa shape index (κ2) is 5.65. The Kier molecular flexibility index (Phi) is 5.19. The minimum Gasteiger partial charge on any atom is -0.463 e. The summed E-state index contributed by atoms with van der Waals surface area (Å²) in [4.78, 5) is 11.3. The Bertz CT molecular complexity index is 177. The van der Waals surface area contributed by atoms with Crippen molar-refractivity contribution < 1.29 is 9.53 Å². The van der Waals surface area contributed by atoms with Crippen molar-refractivity contribution >= 4 is 5.97 Å². The standard InChI is InChI=1S/C10H16O2/c1-5-7-9(6-2)10(11)12-8(3)4/h1,8-9H,6-7H2,2-4H3. The molecule has 0 N–H and O–H groups in total. The van der Waals surface area contributed by atoms with Gasteiger partial charge in [0.2, 0.25) is 0 Å². The summed E-state index contributed by atoms with van der Waals surface area (Å²) >= 11 is 0. The van der Waals surface area contributed by atoms with Crippen LogP contribution in [-0.4, -0.2) is 12.1 Å². The Morgan fingerprint density at radius 2 is 2.17 bits per heavy atom. The van der Waals surface area contributed by atoms with E-state index in [1.54, 1.807) is 0 Å². The predicted octanol–water partition coefficient (Wildman–Crippen LogP) is 1.99. The van der Waals surface area contributed by atoms with Crippen molar-refractivity contribution in [2.24, 2.45) is 5.92 Å². The van der Waals surface area contributed by atoms with Crippen molar-refractivity contribution in [2.75, 3.05) is 0 Å². The van der Waals surface area contributed by atoms with Gasteiger partial charge in [-0.15, -0.1) is 12.3 Å². The van der Waals surface area contributed by atoms with Crippen molar-refractivity contribution in [3.63, 3.8) is 0 Å². The number of carbonyl (C=O) groups excluding carboxylic acids is 1. The summed E-state index contributed by atoms with van der Waals surface area (Å²) in [6.45, 7) is 5.60. The second-order valence-electron chi connectivity index (χ2n) is 3.00. The molecule has 0 aliphatic rings. The van der Waals surface area contributed by atoms with E-state index in [4.69, 9.17) is 11.2 Å². The molecule has 0 rings (SSSR count). The largest absolute Gasteiger partial charge is 0.463 e. The molecular weight excluding hydrogens is 152 g/mol. The molecule has 0 aromatic rings. The number of hydrogen-bond acceptors (Lipinski definition) is 2. The van der Waals surface area contributed by atoms with E-state index in [-0.39, 0.29) is 18.0 Å². The summed E-state index contributed by atoms with van der Waals surface area (Å²) in [6, 6.07) is 0. The highest BCUT2D eigenvalue weighted by Crippen LogP contribution is 2.10. The van der Waals surface area contributed by atoms with Crippen molar-refractivity contribution in [3.05, 3.63) is 0 Å². The fourth-order valence-corrected chi connectivity index (χ4v) is 0.865. The monoisotopic (exact) mass is 168 g/mol. The molecule has 0 saturated heterocycles. The van der Waals surface area contributed by atoms with E-state index in [9.17, 15) is 4.79 Å². The average molecular weight is 168 g/mol. The molecule has 0 spiro atoms. The molecule has 0 amide bonds. The number of hydrogen-bond donors (Lipinski definition) is 0. The molecule has 2 heteroatoms. The highest BCUT2D eigenvalue weighted by molar-refractivity contribution is 5.72. The molecule has 1 unspecified atom stereocenters. The van der Waals surface area contributed by atoms with Gasteiger partial charge in [-0.25, -0.2) is 0 Å².